The maximum Gasteiger partial charge on any atom is 0.259 e. The lowest BCUT2D eigenvalue weighted by Crippen LogP contribution is -2.29. The van der Waals surface area contributed by atoms with Gasteiger partial charge in [-0.25, -0.2) is 8.78 Å². The summed E-state index contributed by atoms with van der Waals surface area (Å²) in [5.74, 6) is -2.82. The van der Waals surface area contributed by atoms with Gasteiger partial charge in [0.25, 0.3) is 11.8 Å². The number of nitrogens with zero attached hydrogens (tertiary/aromatic N) is 2. The van der Waals surface area contributed by atoms with Gasteiger partial charge in [-0.05, 0) is 36.2 Å². The molecule has 1 aliphatic heterocycles. The second-order valence-corrected chi connectivity index (χ2v) is 6.35. The topological polar surface area (TPSA) is 62.3 Å². The minimum atomic E-state index is -0.887. The first kappa shape index (κ1) is 17.8. The number of hydrogen-bond acceptors (Lipinski definition) is 3. The number of para-hydroxylation sites is 2. The number of carbonyl (C=O) groups excluding carboxylic acids is 2. The Kier molecular flexibility index (Phi) is 4.57. The number of halogens is 2. The zero-order chi connectivity index (χ0) is 19.7. The molecule has 0 atom stereocenters. The Bertz CT molecular complexity index is 1060. The standard InChI is InChI=1S/C21H15F2N3O2/c22-16-5-3-6-17(23)19(16)25-20(27)14-10-15(12-24-11-14)21(28)26-9-8-13-4-1-2-7-18(13)26/h1-7,10-12H,8-9H2,(H,25,27). The first-order valence-electron chi connectivity index (χ1n) is 8.65. The number of fused-ring (bicyclic) bond motifs is 1. The quantitative estimate of drug-likeness (QED) is 0.753. The number of hydrogen-bond donors (Lipinski definition) is 1. The first-order valence-corrected chi connectivity index (χ1v) is 8.65. The van der Waals surface area contributed by atoms with Crippen molar-refractivity contribution in [1.82, 2.24) is 4.98 Å². The second kappa shape index (κ2) is 7.19. The van der Waals surface area contributed by atoms with E-state index in [2.05, 4.69) is 10.3 Å². The molecule has 0 saturated carbocycles. The molecule has 0 unspecified atom stereocenters. The minimum Gasteiger partial charge on any atom is -0.317 e. The first-order chi connectivity index (χ1) is 13.5. The van der Waals surface area contributed by atoms with Crippen molar-refractivity contribution >= 4 is 23.2 Å². The van der Waals surface area contributed by atoms with Gasteiger partial charge in [-0.1, -0.05) is 24.3 Å². The van der Waals surface area contributed by atoms with Crippen molar-refractivity contribution in [1.29, 1.82) is 0 Å². The van der Waals surface area contributed by atoms with Crippen molar-refractivity contribution in [3.8, 4) is 0 Å². The fraction of sp³-hybridized carbons (Fsp3) is 0.0952. The van der Waals surface area contributed by atoms with E-state index in [1.807, 2.05) is 24.3 Å². The fourth-order valence-electron chi connectivity index (χ4n) is 3.19. The highest BCUT2D eigenvalue weighted by molar-refractivity contribution is 6.10. The SMILES string of the molecule is O=C(Nc1c(F)cccc1F)c1cncc(C(=O)N2CCc3ccccc32)c1. The molecular weight excluding hydrogens is 364 g/mol. The third-order valence-electron chi connectivity index (χ3n) is 4.58. The molecule has 1 N–H and O–H groups in total. The van der Waals surface area contributed by atoms with Crippen LogP contribution in [0.2, 0.25) is 0 Å². The summed E-state index contributed by atoms with van der Waals surface area (Å²) in [5, 5.41) is 2.19. The van der Waals surface area contributed by atoms with Crippen molar-refractivity contribution in [2.45, 2.75) is 6.42 Å². The molecule has 3 aromatic rings. The van der Waals surface area contributed by atoms with Crippen LogP contribution in [0.25, 0.3) is 0 Å². The van der Waals surface area contributed by atoms with Crippen molar-refractivity contribution in [3.05, 3.63) is 89.2 Å². The highest BCUT2D eigenvalue weighted by Crippen LogP contribution is 2.29. The summed E-state index contributed by atoms with van der Waals surface area (Å²) >= 11 is 0. The van der Waals surface area contributed by atoms with Crippen LogP contribution >= 0.6 is 0 Å². The van der Waals surface area contributed by atoms with E-state index >= 15 is 0 Å². The molecular formula is C21H15F2N3O2. The van der Waals surface area contributed by atoms with E-state index in [0.29, 0.717) is 6.54 Å². The van der Waals surface area contributed by atoms with Crippen molar-refractivity contribution in [3.63, 3.8) is 0 Å². The predicted octanol–water partition coefficient (Wildman–Crippen LogP) is 3.82. The number of amides is 2. The molecule has 0 aliphatic carbocycles. The van der Waals surface area contributed by atoms with Crippen LogP contribution in [0.5, 0.6) is 0 Å². The van der Waals surface area contributed by atoms with E-state index in [4.69, 9.17) is 0 Å². The van der Waals surface area contributed by atoms with E-state index < -0.39 is 23.2 Å². The molecule has 1 aromatic heterocycles. The Labute approximate surface area is 159 Å². The summed E-state index contributed by atoms with van der Waals surface area (Å²) in [4.78, 5) is 30.9. The Morgan fingerprint density at radius 3 is 2.46 bits per heavy atom. The number of carbonyl (C=O) groups is 2. The van der Waals surface area contributed by atoms with Crippen LogP contribution in [0.15, 0.2) is 60.9 Å². The largest absolute Gasteiger partial charge is 0.317 e. The average Bonchev–Trinajstić information content (AvgIpc) is 3.14. The lowest BCUT2D eigenvalue weighted by atomic mass is 10.1. The molecule has 0 fully saturated rings. The van der Waals surface area contributed by atoms with Gasteiger partial charge in [0.15, 0.2) is 0 Å². The highest BCUT2D eigenvalue weighted by atomic mass is 19.1. The molecule has 2 heterocycles. The zero-order valence-corrected chi connectivity index (χ0v) is 14.7. The van der Waals surface area contributed by atoms with E-state index in [-0.39, 0.29) is 17.0 Å². The van der Waals surface area contributed by atoms with Crippen LogP contribution in [0.1, 0.15) is 26.3 Å². The molecule has 0 bridgehead atoms. The lowest BCUT2D eigenvalue weighted by molar-refractivity contribution is 0.0989. The fourth-order valence-corrected chi connectivity index (χ4v) is 3.19. The Hall–Kier alpha value is -3.61. The minimum absolute atomic E-state index is 0.0287. The van der Waals surface area contributed by atoms with Gasteiger partial charge >= 0.3 is 0 Å². The van der Waals surface area contributed by atoms with Crippen molar-refractivity contribution in [2.24, 2.45) is 0 Å². The van der Waals surface area contributed by atoms with Gasteiger partial charge < -0.3 is 10.2 Å². The molecule has 0 saturated heterocycles. The van der Waals surface area contributed by atoms with Gasteiger partial charge in [0, 0.05) is 24.6 Å². The van der Waals surface area contributed by atoms with Crippen LogP contribution in [0.4, 0.5) is 20.2 Å². The maximum absolute atomic E-state index is 13.7. The predicted molar refractivity (Wildman–Crippen MR) is 100 cm³/mol. The molecule has 1 aliphatic rings. The molecule has 7 heteroatoms. The molecule has 2 amide bonds. The number of aromatic nitrogens is 1. The highest BCUT2D eigenvalue weighted by Gasteiger charge is 2.26. The number of nitrogens with one attached hydrogen (secondary N) is 1. The van der Waals surface area contributed by atoms with Gasteiger partial charge in [0.2, 0.25) is 0 Å². The summed E-state index contributed by atoms with van der Waals surface area (Å²) in [7, 11) is 0. The number of pyridine rings is 1. The Morgan fingerprint density at radius 1 is 0.964 bits per heavy atom. The van der Waals surface area contributed by atoms with Crippen LogP contribution in [0, 0.1) is 11.6 Å². The smallest absolute Gasteiger partial charge is 0.259 e. The van der Waals surface area contributed by atoms with E-state index in [9.17, 15) is 18.4 Å². The van der Waals surface area contributed by atoms with Crippen LogP contribution < -0.4 is 10.2 Å². The van der Waals surface area contributed by atoms with E-state index in [0.717, 1.165) is 29.8 Å². The third-order valence-corrected chi connectivity index (χ3v) is 4.58. The van der Waals surface area contributed by atoms with Crippen molar-refractivity contribution < 1.29 is 18.4 Å². The van der Waals surface area contributed by atoms with Gasteiger partial charge in [0.1, 0.15) is 17.3 Å². The molecule has 2 aromatic carbocycles. The molecule has 28 heavy (non-hydrogen) atoms. The summed E-state index contributed by atoms with van der Waals surface area (Å²) in [5.41, 5.74) is 1.61. The molecule has 0 radical (unpaired) electrons. The average molecular weight is 379 g/mol. The maximum atomic E-state index is 13.7. The molecule has 5 nitrogen and oxygen atoms in total. The monoisotopic (exact) mass is 379 g/mol. The molecule has 140 valence electrons. The van der Waals surface area contributed by atoms with Crippen molar-refractivity contribution in [2.75, 3.05) is 16.8 Å². The van der Waals surface area contributed by atoms with Gasteiger partial charge in [0.05, 0.1) is 11.1 Å². The number of anilines is 2. The second-order valence-electron chi connectivity index (χ2n) is 6.35. The number of benzene rings is 2. The Balaban J connectivity index is 1.58. The molecule has 0 spiro atoms. The lowest BCUT2D eigenvalue weighted by Gasteiger charge is -2.17. The summed E-state index contributed by atoms with van der Waals surface area (Å²) in [6, 6.07) is 12.3. The van der Waals surface area contributed by atoms with Crippen LogP contribution in [0.3, 0.4) is 0 Å². The third kappa shape index (κ3) is 3.22. The van der Waals surface area contributed by atoms with Gasteiger partial charge in [-0.3, -0.25) is 14.6 Å². The number of rotatable bonds is 3. The summed E-state index contributed by atoms with van der Waals surface area (Å²) in [6.07, 6.45) is 3.36. The van der Waals surface area contributed by atoms with E-state index in [1.165, 1.54) is 24.5 Å². The Morgan fingerprint density at radius 2 is 1.68 bits per heavy atom. The summed E-state index contributed by atoms with van der Waals surface area (Å²) in [6.45, 7) is 0.537. The zero-order valence-electron chi connectivity index (χ0n) is 14.7. The van der Waals surface area contributed by atoms with Crippen LogP contribution in [-0.4, -0.2) is 23.3 Å². The summed E-state index contributed by atoms with van der Waals surface area (Å²) < 4.78 is 27.5. The van der Waals surface area contributed by atoms with Gasteiger partial charge in [-0.2, -0.15) is 0 Å². The van der Waals surface area contributed by atoms with E-state index in [1.54, 1.807) is 4.90 Å². The van der Waals surface area contributed by atoms with Crippen LogP contribution in [-0.2, 0) is 6.42 Å². The molecule has 4 rings (SSSR count). The van der Waals surface area contributed by atoms with Gasteiger partial charge in [-0.15, -0.1) is 0 Å². The normalized spacial score (nSPS) is 12.6.